The Balaban J connectivity index is 1.79. The van der Waals surface area contributed by atoms with E-state index in [9.17, 15) is 13.2 Å². The Hall–Kier alpha value is -3.13. The van der Waals surface area contributed by atoms with Crippen LogP contribution in [-0.4, -0.2) is 30.4 Å². The molecule has 2 N–H and O–H groups in total. The standard InChI is InChI=1S/C17H16N4O3S/c1-25(23,24)20-15-7-3-6-14(12-15)19-17(22)13-5-2-8-16(11-13)21-10-4-9-18-21/h2-12,20H,1H3,(H,19,22). The highest BCUT2D eigenvalue weighted by Gasteiger charge is 2.09. The number of amides is 1. The zero-order valence-corrected chi connectivity index (χ0v) is 14.2. The van der Waals surface area contributed by atoms with Crippen molar-refractivity contribution in [2.75, 3.05) is 16.3 Å². The second-order valence-electron chi connectivity index (χ2n) is 5.41. The normalized spacial score (nSPS) is 11.1. The number of anilines is 2. The number of rotatable bonds is 5. The number of hydrogen-bond donors (Lipinski definition) is 2. The van der Waals surface area contributed by atoms with Crippen LogP contribution < -0.4 is 10.0 Å². The molecule has 0 aliphatic carbocycles. The molecule has 3 aromatic rings. The summed E-state index contributed by atoms with van der Waals surface area (Å²) in [6, 6.07) is 15.3. The van der Waals surface area contributed by atoms with Gasteiger partial charge in [-0.1, -0.05) is 12.1 Å². The molecule has 0 aliphatic rings. The molecule has 0 aliphatic heterocycles. The third kappa shape index (κ3) is 4.45. The molecule has 128 valence electrons. The average molecular weight is 356 g/mol. The van der Waals surface area contributed by atoms with Crippen molar-refractivity contribution in [1.29, 1.82) is 0 Å². The lowest BCUT2D eigenvalue weighted by Crippen LogP contribution is -2.13. The van der Waals surface area contributed by atoms with Gasteiger partial charge in [0, 0.05) is 23.6 Å². The largest absolute Gasteiger partial charge is 0.322 e. The summed E-state index contributed by atoms with van der Waals surface area (Å²) in [6.07, 6.45) is 4.52. The highest BCUT2D eigenvalue weighted by Crippen LogP contribution is 2.18. The monoisotopic (exact) mass is 356 g/mol. The molecule has 0 radical (unpaired) electrons. The molecule has 25 heavy (non-hydrogen) atoms. The van der Waals surface area contributed by atoms with Crippen molar-refractivity contribution in [2.24, 2.45) is 0 Å². The maximum Gasteiger partial charge on any atom is 0.255 e. The molecule has 0 bridgehead atoms. The van der Waals surface area contributed by atoms with Gasteiger partial charge in [-0.15, -0.1) is 0 Å². The number of nitrogens with zero attached hydrogens (tertiary/aromatic N) is 2. The third-order valence-electron chi connectivity index (χ3n) is 3.30. The zero-order valence-electron chi connectivity index (χ0n) is 13.4. The van der Waals surface area contributed by atoms with Crippen LogP contribution in [0.25, 0.3) is 5.69 Å². The lowest BCUT2D eigenvalue weighted by atomic mass is 10.2. The van der Waals surface area contributed by atoms with Gasteiger partial charge in [0.25, 0.3) is 5.91 Å². The minimum atomic E-state index is -3.38. The van der Waals surface area contributed by atoms with Crippen LogP contribution in [-0.2, 0) is 10.0 Å². The molecule has 8 heteroatoms. The van der Waals surface area contributed by atoms with Crippen LogP contribution in [0.5, 0.6) is 0 Å². The van der Waals surface area contributed by atoms with Gasteiger partial charge in [-0.2, -0.15) is 5.10 Å². The maximum atomic E-state index is 12.5. The van der Waals surface area contributed by atoms with E-state index >= 15 is 0 Å². The molecule has 0 saturated heterocycles. The van der Waals surface area contributed by atoms with E-state index in [1.807, 2.05) is 6.07 Å². The Morgan fingerprint density at radius 1 is 1.04 bits per heavy atom. The van der Waals surface area contributed by atoms with Crippen molar-refractivity contribution in [3.05, 3.63) is 72.6 Å². The molecule has 1 amide bonds. The fourth-order valence-electron chi connectivity index (χ4n) is 2.29. The van der Waals surface area contributed by atoms with Crippen molar-refractivity contribution < 1.29 is 13.2 Å². The summed E-state index contributed by atoms with van der Waals surface area (Å²) in [7, 11) is -3.38. The van der Waals surface area contributed by atoms with Crippen LogP contribution in [0, 0.1) is 0 Å². The van der Waals surface area contributed by atoms with Crippen molar-refractivity contribution in [2.45, 2.75) is 0 Å². The number of nitrogens with one attached hydrogen (secondary N) is 2. The number of hydrogen-bond acceptors (Lipinski definition) is 4. The Kier molecular flexibility index (Phi) is 4.53. The Bertz CT molecular complexity index is 998. The quantitative estimate of drug-likeness (QED) is 0.734. The Morgan fingerprint density at radius 2 is 1.80 bits per heavy atom. The maximum absolute atomic E-state index is 12.5. The summed E-state index contributed by atoms with van der Waals surface area (Å²) in [6.45, 7) is 0. The van der Waals surface area contributed by atoms with E-state index in [0.717, 1.165) is 11.9 Å². The van der Waals surface area contributed by atoms with Gasteiger partial charge in [-0.25, -0.2) is 13.1 Å². The second-order valence-corrected chi connectivity index (χ2v) is 7.16. The van der Waals surface area contributed by atoms with Gasteiger partial charge in [0.15, 0.2) is 0 Å². The fraction of sp³-hybridized carbons (Fsp3) is 0.0588. The van der Waals surface area contributed by atoms with Gasteiger partial charge in [0.1, 0.15) is 0 Å². The first-order chi connectivity index (χ1) is 11.9. The number of carbonyl (C=O) groups excluding carboxylic acids is 1. The van der Waals surface area contributed by atoms with Crippen LogP contribution in [0.3, 0.4) is 0 Å². The van der Waals surface area contributed by atoms with Gasteiger partial charge < -0.3 is 5.32 Å². The molecular formula is C17H16N4O3S. The second kappa shape index (κ2) is 6.78. The molecule has 2 aromatic carbocycles. The van der Waals surface area contributed by atoms with Gasteiger partial charge >= 0.3 is 0 Å². The molecule has 0 saturated carbocycles. The number of benzene rings is 2. The van der Waals surface area contributed by atoms with Gasteiger partial charge in [0.05, 0.1) is 17.6 Å². The summed E-state index contributed by atoms with van der Waals surface area (Å²) in [5.74, 6) is -0.300. The van der Waals surface area contributed by atoms with Crippen molar-refractivity contribution in [1.82, 2.24) is 9.78 Å². The SMILES string of the molecule is CS(=O)(=O)Nc1cccc(NC(=O)c2cccc(-n3cccn3)c2)c1. The molecular weight excluding hydrogens is 340 g/mol. The smallest absolute Gasteiger partial charge is 0.255 e. The van der Waals surface area contributed by atoms with E-state index in [0.29, 0.717) is 16.9 Å². The highest BCUT2D eigenvalue weighted by atomic mass is 32.2. The van der Waals surface area contributed by atoms with Gasteiger partial charge in [-0.05, 0) is 42.5 Å². The Morgan fingerprint density at radius 3 is 2.52 bits per heavy atom. The number of sulfonamides is 1. The van der Waals surface area contributed by atoms with Crippen LogP contribution in [0.15, 0.2) is 67.0 Å². The lowest BCUT2D eigenvalue weighted by molar-refractivity contribution is 0.102. The highest BCUT2D eigenvalue weighted by molar-refractivity contribution is 7.92. The topological polar surface area (TPSA) is 93.1 Å². The van der Waals surface area contributed by atoms with Crippen molar-refractivity contribution in [3.63, 3.8) is 0 Å². The van der Waals surface area contributed by atoms with E-state index in [1.54, 1.807) is 65.6 Å². The first kappa shape index (κ1) is 16.7. The predicted molar refractivity (Wildman–Crippen MR) is 96.4 cm³/mol. The van der Waals surface area contributed by atoms with E-state index in [2.05, 4.69) is 15.1 Å². The number of aromatic nitrogens is 2. The first-order valence-electron chi connectivity index (χ1n) is 7.40. The molecule has 3 rings (SSSR count). The van der Waals surface area contributed by atoms with Crippen LogP contribution in [0.4, 0.5) is 11.4 Å². The predicted octanol–water partition coefficient (Wildman–Crippen LogP) is 2.50. The lowest BCUT2D eigenvalue weighted by Gasteiger charge is -2.09. The minimum Gasteiger partial charge on any atom is -0.322 e. The summed E-state index contributed by atoms with van der Waals surface area (Å²) in [4.78, 5) is 12.5. The van der Waals surface area contributed by atoms with Crippen molar-refractivity contribution >= 4 is 27.3 Å². The van der Waals surface area contributed by atoms with Gasteiger partial charge in [-0.3, -0.25) is 9.52 Å². The first-order valence-corrected chi connectivity index (χ1v) is 9.29. The van der Waals surface area contributed by atoms with Gasteiger partial charge in [0.2, 0.25) is 10.0 Å². The van der Waals surface area contributed by atoms with Crippen LogP contribution >= 0.6 is 0 Å². The van der Waals surface area contributed by atoms with E-state index < -0.39 is 10.0 Å². The summed E-state index contributed by atoms with van der Waals surface area (Å²) in [5.41, 5.74) is 2.10. The van der Waals surface area contributed by atoms with E-state index in [4.69, 9.17) is 0 Å². The zero-order chi connectivity index (χ0) is 17.9. The Labute approximate surface area is 145 Å². The van der Waals surface area contributed by atoms with E-state index in [-0.39, 0.29) is 5.91 Å². The van der Waals surface area contributed by atoms with Crippen molar-refractivity contribution in [3.8, 4) is 5.69 Å². The molecule has 0 atom stereocenters. The average Bonchev–Trinajstić information content (AvgIpc) is 3.08. The molecule has 0 unspecified atom stereocenters. The van der Waals surface area contributed by atoms with Crippen LogP contribution in [0.2, 0.25) is 0 Å². The molecule has 1 heterocycles. The summed E-state index contributed by atoms with van der Waals surface area (Å²) >= 11 is 0. The molecule has 1 aromatic heterocycles. The fourth-order valence-corrected chi connectivity index (χ4v) is 2.84. The number of carbonyl (C=O) groups is 1. The molecule has 0 spiro atoms. The minimum absolute atomic E-state index is 0.300. The molecule has 0 fully saturated rings. The van der Waals surface area contributed by atoms with E-state index in [1.165, 1.54) is 0 Å². The molecule has 7 nitrogen and oxygen atoms in total. The summed E-state index contributed by atoms with van der Waals surface area (Å²) < 4.78 is 26.6. The van der Waals surface area contributed by atoms with Crippen LogP contribution in [0.1, 0.15) is 10.4 Å². The summed E-state index contributed by atoms with van der Waals surface area (Å²) in [5, 5.41) is 6.89. The third-order valence-corrected chi connectivity index (χ3v) is 3.91.